The minimum atomic E-state index is -0.123. The van der Waals surface area contributed by atoms with Gasteiger partial charge in [0.15, 0.2) is 0 Å². The Morgan fingerprint density at radius 2 is 1.40 bits per heavy atom. The van der Waals surface area contributed by atoms with E-state index in [4.69, 9.17) is 0 Å². The van der Waals surface area contributed by atoms with Crippen molar-refractivity contribution in [3.63, 3.8) is 0 Å². The highest BCUT2D eigenvalue weighted by molar-refractivity contribution is 5.94. The van der Waals surface area contributed by atoms with E-state index in [1.165, 1.54) is 25.6 Å². The highest BCUT2D eigenvalue weighted by atomic mass is 16.2. The first kappa shape index (κ1) is 22.0. The van der Waals surface area contributed by atoms with E-state index in [0.29, 0.717) is 18.7 Å². The van der Waals surface area contributed by atoms with Crippen molar-refractivity contribution in [1.29, 1.82) is 0 Å². The second-order valence-corrected chi connectivity index (χ2v) is 10.8. The first-order chi connectivity index (χ1) is 17.1. The maximum Gasteiger partial charge on any atom is 0.251 e. The van der Waals surface area contributed by atoms with Gasteiger partial charge in [-0.3, -0.25) is 9.59 Å². The molecule has 0 radical (unpaired) electrons. The molecule has 7 heteroatoms. The van der Waals surface area contributed by atoms with Crippen LogP contribution < -0.4 is 10.6 Å². The molecular weight excluding hydrogens is 438 g/mol. The van der Waals surface area contributed by atoms with Crippen molar-refractivity contribution < 1.29 is 9.59 Å². The highest BCUT2D eigenvalue weighted by Crippen LogP contribution is 2.60. The lowest BCUT2D eigenvalue weighted by Gasteiger charge is -2.55. The first-order valence-electron chi connectivity index (χ1n) is 12.7. The summed E-state index contributed by atoms with van der Waals surface area (Å²) in [6.45, 7) is 0.958. The van der Waals surface area contributed by atoms with E-state index in [2.05, 4.69) is 20.7 Å². The van der Waals surface area contributed by atoms with Crippen LogP contribution in [0.3, 0.4) is 0 Å². The number of aromatic nitrogens is 3. The van der Waals surface area contributed by atoms with E-state index >= 15 is 0 Å². The number of carbonyl (C=O) groups is 2. The molecule has 2 aromatic carbocycles. The fourth-order valence-corrected chi connectivity index (χ4v) is 6.93. The van der Waals surface area contributed by atoms with Gasteiger partial charge in [0.25, 0.3) is 5.91 Å². The second kappa shape index (κ2) is 8.95. The molecule has 7 nitrogen and oxygen atoms in total. The molecule has 1 heterocycles. The fourth-order valence-electron chi connectivity index (χ4n) is 6.93. The standard InChI is InChI=1S/C28H31N5O2/c34-26(30-15-20-3-7-25(8-4-20)33-18-29-17-32-33)24-5-1-19(2-6-24)16-31-27(35)28-12-21-9-22(13-28)11-23(10-21)14-28/h1-8,17-18,21-23H,9-16H2,(H,30,34)(H,31,35). The molecule has 180 valence electrons. The lowest BCUT2D eigenvalue weighted by atomic mass is 9.49. The van der Waals surface area contributed by atoms with Gasteiger partial charge in [-0.2, -0.15) is 5.10 Å². The molecule has 0 aliphatic heterocycles. The molecule has 4 fully saturated rings. The molecule has 0 saturated heterocycles. The Morgan fingerprint density at radius 1 is 0.829 bits per heavy atom. The molecule has 0 spiro atoms. The van der Waals surface area contributed by atoms with Gasteiger partial charge in [0.1, 0.15) is 12.7 Å². The number of benzene rings is 2. The molecule has 1 aromatic heterocycles. The number of carbonyl (C=O) groups excluding carboxylic acids is 2. The summed E-state index contributed by atoms with van der Waals surface area (Å²) in [4.78, 5) is 29.7. The third-order valence-electron chi connectivity index (χ3n) is 8.26. The van der Waals surface area contributed by atoms with E-state index in [0.717, 1.165) is 53.8 Å². The monoisotopic (exact) mass is 469 g/mol. The van der Waals surface area contributed by atoms with Crippen molar-refractivity contribution in [3.8, 4) is 5.69 Å². The number of hydrogen-bond donors (Lipinski definition) is 2. The van der Waals surface area contributed by atoms with Crippen LogP contribution in [0, 0.1) is 23.2 Å². The molecule has 0 unspecified atom stereocenters. The largest absolute Gasteiger partial charge is 0.352 e. The predicted octanol–water partition coefficient (Wildman–Crippen LogP) is 4.03. The van der Waals surface area contributed by atoms with Gasteiger partial charge in [-0.1, -0.05) is 24.3 Å². The van der Waals surface area contributed by atoms with E-state index in [-0.39, 0.29) is 17.2 Å². The van der Waals surface area contributed by atoms with Crippen LogP contribution in [0.15, 0.2) is 61.2 Å². The lowest BCUT2D eigenvalue weighted by molar-refractivity contribution is -0.146. The van der Waals surface area contributed by atoms with Crippen molar-refractivity contribution in [2.45, 2.75) is 51.6 Å². The zero-order chi connectivity index (χ0) is 23.8. The minimum Gasteiger partial charge on any atom is -0.352 e. The van der Waals surface area contributed by atoms with Crippen LogP contribution >= 0.6 is 0 Å². The van der Waals surface area contributed by atoms with Gasteiger partial charge in [-0.25, -0.2) is 9.67 Å². The Bertz CT molecular complexity index is 1170. The Hall–Kier alpha value is -3.48. The van der Waals surface area contributed by atoms with Gasteiger partial charge < -0.3 is 10.6 Å². The van der Waals surface area contributed by atoms with E-state index < -0.39 is 0 Å². The maximum absolute atomic E-state index is 13.2. The molecule has 3 aromatic rings. The van der Waals surface area contributed by atoms with Gasteiger partial charge in [-0.15, -0.1) is 0 Å². The molecule has 4 aliphatic rings. The van der Waals surface area contributed by atoms with Gasteiger partial charge >= 0.3 is 0 Å². The van der Waals surface area contributed by atoms with E-state index in [9.17, 15) is 9.59 Å². The Balaban J connectivity index is 1.00. The number of hydrogen-bond acceptors (Lipinski definition) is 4. The van der Waals surface area contributed by atoms with Gasteiger partial charge in [0, 0.05) is 24.1 Å². The third kappa shape index (κ3) is 4.47. The SMILES string of the molecule is O=C(NCc1ccc(-n2cncn2)cc1)c1ccc(CNC(=O)C23CC4CC(CC(C4)C2)C3)cc1. The first-order valence-corrected chi connectivity index (χ1v) is 12.7. The quantitative estimate of drug-likeness (QED) is 0.547. The summed E-state index contributed by atoms with van der Waals surface area (Å²) in [7, 11) is 0. The van der Waals surface area contributed by atoms with Crippen LogP contribution in [-0.4, -0.2) is 26.6 Å². The molecule has 4 bridgehead atoms. The topological polar surface area (TPSA) is 88.9 Å². The summed E-state index contributed by atoms with van der Waals surface area (Å²) in [5.74, 6) is 2.41. The molecule has 35 heavy (non-hydrogen) atoms. The van der Waals surface area contributed by atoms with Crippen molar-refractivity contribution in [1.82, 2.24) is 25.4 Å². The van der Waals surface area contributed by atoms with Crippen LogP contribution in [0.5, 0.6) is 0 Å². The zero-order valence-electron chi connectivity index (χ0n) is 19.8. The molecule has 4 aliphatic carbocycles. The normalized spacial score (nSPS) is 26.5. The van der Waals surface area contributed by atoms with Crippen molar-refractivity contribution in [3.05, 3.63) is 77.9 Å². The molecule has 4 saturated carbocycles. The summed E-state index contributed by atoms with van der Waals surface area (Å²) in [5.41, 5.74) is 3.43. The van der Waals surface area contributed by atoms with Crippen LogP contribution in [0.25, 0.3) is 5.69 Å². The molecule has 2 amide bonds. The van der Waals surface area contributed by atoms with E-state index in [1.54, 1.807) is 11.0 Å². The number of rotatable bonds is 7. The minimum absolute atomic E-state index is 0.116. The fraction of sp³-hybridized carbons (Fsp3) is 0.429. The number of amides is 2. The molecule has 2 N–H and O–H groups in total. The lowest BCUT2D eigenvalue weighted by Crippen LogP contribution is -2.53. The number of nitrogens with one attached hydrogen (secondary N) is 2. The zero-order valence-corrected chi connectivity index (χ0v) is 19.8. The Morgan fingerprint density at radius 3 is 1.97 bits per heavy atom. The molecule has 0 atom stereocenters. The highest BCUT2D eigenvalue weighted by Gasteiger charge is 2.54. The molecular formula is C28H31N5O2. The van der Waals surface area contributed by atoms with Crippen LogP contribution in [0.1, 0.15) is 60.0 Å². The summed E-state index contributed by atoms with van der Waals surface area (Å²) >= 11 is 0. The third-order valence-corrected chi connectivity index (χ3v) is 8.26. The average Bonchev–Trinajstić information content (AvgIpc) is 3.41. The predicted molar refractivity (Wildman–Crippen MR) is 131 cm³/mol. The number of nitrogens with zero attached hydrogens (tertiary/aromatic N) is 3. The van der Waals surface area contributed by atoms with Gasteiger partial charge in [-0.05, 0) is 91.7 Å². The summed E-state index contributed by atoms with van der Waals surface area (Å²) in [5, 5.41) is 10.3. The van der Waals surface area contributed by atoms with Crippen molar-refractivity contribution in [2.24, 2.45) is 23.2 Å². The summed E-state index contributed by atoms with van der Waals surface area (Å²) < 4.78 is 1.69. The Kier molecular flexibility index (Phi) is 5.63. The summed E-state index contributed by atoms with van der Waals surface area (Å²) in [6.07, 6.45) is 10.4. The van der Waals surface area contributed by atoms with Crippen LogP contribution in [-0.2, 0) is 17.9 Å². The van der Waals surface area contributed by atoms with E-state index in [1.807, 2.05) is 48.5 Å². The van der Waals surface area contributed by atoms with Gasteiger partial charge in [0.2, 0.25) is 5.91 Å². The van der Waals surface area contributed by atoms with Crippen LogP contribution in [0.2, 0.25) is 0 Å². The van der Waals surface area contributed by atoms with Crippen LogP contribution in [0.4, 0.5) is 0 Å². The smallest absolute Gasteiger partial charge is 0.251 e. The van der Waals surface area contributed by atoms with Gasteiger partial charge in [0.05, 0.1) is 5.69 Å². The summed E-state index contributed by atoms with van der Waals surface area (Å²) in [6, 6.07) is 15.3. The maximum atomic E-state index is 13.2. The van der Waals surface area contributed by atoms with Crippen molar-refractivity contribution in [2.75, 3.05) is 0 Å². The van der Waals surface area contributed by atoms with Crippen molar-refractivity contribution >= 4 is 11.8 Å². The second-order valence-electron chi connectivity index (χ2n) is 10.8. The average molecular weight is 470 g/mol. The molecule has 7 rings (SSSR count). The Labute approximate surface area is 205 Å².